The van der Waals surface area contributed by atoms with Gasteiger partial charge >= 0.3 is 0 Å². The second-order valence-corrected chi connectivity index (χ2v) is 1.65. The Morgan fingerprint density at radius 3 is 3.25 bits per heavy atom. The average molecular weight is 110 g/mol. The normalized spacial score (nSPS) is 27.0. The summed E-state index contributed by atoms with van der Waals surface area (Å²) < 4.78 is 0. The Kier molecular flexibility index (Phi) is 2.20. The Hall–Kier alpha value is -0.760. The molecular weight excluding hydrogens is 100 g/mol. The second-order valence-electron chi connectivity index (χ2n) is 1.65. The summed E-state index contributed by atoms with van der Waals surface area (Å²) in [6.07, 6.45) is 9.09. The van der Waals surface area contributed by atoms with Gasteiger partial charge in [0, 0.05) is 12.7 Å². The molecule has 0 aromatic rings. The lowest BCUT2D eigenvalue weighted by Gasteiger charge is -2.01. The van der Waals surface area contributed by atoms with E-state index in [0.717, 1.165) is 13.0 Å². The lowest BCUT2D eigenvalue weighted by molar-refractivity contribution is 0.629. The summed E-state index contributed by atoms with van der Waals surface area (Å²) >= 11 is 0. The van der Waals surface area contributed by atoms with Gasteiger partial charge in [-0.05, 0) is 12.5 Å². The van der Waals surface area contributed by atoms with Gasteiger partial charge in [0.25, 0.3) is 0 Å². The molecule has 0 fully saturated rings. The van der Waals surface area contributed by atoms with Crippen LogP contribution in [-0.2, 0) is 0 Å². The number of allylic oxidation sites excluding steroid dienone is 2. The maximum atomic E-state index is 3.00. The van der Waals surface area contributed by atoms with Crippen LogP contribution in [0, 0.1) is 0 Å². The third kappa shape index (κ3) is 1.80. The molecule has 0 amide bonds. The van der Waals surface area contributed by atoms with Gasteiger partial charge in [-0.15, -0.1) is 0 Å². The summed E-state index contributed by atoms with van der Waals surface area (Å²) in [4.78, 5) is 0. The smallest absolute Gasteiger partial charge is 0.0182 e. The van der Waals surface area contributed by atoms with Gasteiger partial charge in [-0.2, -0.15) is 0 Å². The van der Waals surface area contributed by atoms with Crippen molar-refractivity contribution in [1.29, 1.82) is 0 Å². The molecule has 2 heteroatoms. The van der Waals surface area contributed by atoms with E-state index in [0.29, 0.717) is 0 Å². The molecule has 0 aromatic carbocycles. The van der Waals surface area contributed by atoms with Crippen LogP contribution in [0.1, 0.15) is 6.42 Å². The van der Waals surface area contributed by atoms with Crippen molar-refractivity contribution in [2.45, 2.75) is 6.42 Å². The van der Waals surface area contributed by atoms with Crippen molar-refractivity contribution in [1.82, 2.24) is 10.9 Å². The predicted molar refractivity (Wildman–Crippen MR) is 34.0 cm³/mol. The quantitative estimate of drug-likeness (QED) is 0.476. The van der Waals surface area contributed by atoms with Crippen LogP contribution in [-0.4, -0.2) is 6.54 Å². The first-order chi connectivity index (χ1) is 4.00. The van der Waals surface area contributed by atoms with Crippen molar-refractivity contribution in [2.75, 3.05) is 6.54 Å². The monoisotopic (exact) mass is 110 g/mol. The third-order valence-corrected chi connectivity index (χ3v) is 0.965. The fraction of sp³-hybridized carbons (Fsp3) is 0.333. The van der Waals surface area contributed by atoms with Crippen LogP contribution >= 0.6 is 0 Å². The number of hydrazine groups is 1. The number of nitrogens with one attached hydrogen (secondary N) is 2. The molecule has 0 saturated heterocycles. The Bertz CT molecular complexity index is 91.1. The topological polar surface area (TPSA) is 24.1 Å². The van der Waals surface area contributed by atoms with Crippen LogP contribution in [0.25, 0.3) is 0 Å². The number of hydrogen-bond donors (Lipinski definition) is 2. The number of hydrogen-bond acceptors (Lipinski definition) is 2. The summed E-state index contributed by atoms with van der Waals surface area (Å²) in [6, 6.07) is 0. The Morgan fingerprint density at radius 1 is 1.25 bits per heavy atom. The van der Waals surface area contributed by atoms with Crippen molar-refractivity contribution in [3.8, 4) is 0 Å². The van der Waals surface area contributed by atoms with Gasteiger partial charge in [-0.1, -0.05) is 12.2 Å². The second kappa shape index (κ2) is 3.27. The first-order valence-electron chi connectivity index (χ1n) is 2.80. The summed E-state index contributed by atoms with van der Waals surface area (Å²) in [5.41, 5.74) is 5.90. The van der Waals surface area contributed by atoms with Gasteiger partial charge in [-0.3, -0.25) is 0 Å². The van der Waals surface area contributed by atoms with Gasteiger partial charge in [0.1, 0.15) is 0 Å². The van der Waals surface area contributed by atoms with Crippen LogP contribution in [0.2, 0.25) is 0 Å². The molecule has 0 unspecified atom stereocenters. The molecule has 0 saturated carbocycles. The molecule has 0 aliphatic carbocycles. The minimum atomic E-state index is 1.00. The average Bonchev–Trinajstić information content (AvgIpc) is 1.62. The van der Waals surface area contributed by atoms with Gasteiger partial charge in [0.2, 0.25) is 0 Å². The molecule has 0 spiro atoms. The molecule has 1 aliphatic rings. The molecule has 44 valence electrons. The minimum absolute atomic E-state index is 1.00. The van der Waals surface area contributed by atoms with E-state index >= 15 is 0 Å². The summed E-state index contributed by atoms with van der Waals surface area (Å²) in [5.74, 6) is 0. The van der Waals surface area contributed by atoms with E-state index in [2.05, 4.69) is 16.9 Å². The van der Waals surface area contributed by atoms with E-state index in [1.54, 1.807) is 0 Å². The van der Waals surface area contributed by atoms with Crippen molar-refractivity contribution in [3.05, 3.63) is 24.4 Å². The predicted octanol–water partition coefficient (Wildman–Crippen LogP) is 0.554. The maximum absolute atomic E-state index is 3.00. The largest absolute Gasteiger partial charge is 0.329 e. The zero-order valence-corrected chi connectivity index (χ0v) is 4.72. The summed E-state index contributed by atoms with van der Waals surface area (Å²) in [5, 5.41) is 0. The lowest BCUT2D eigenvalue weighted by atomic mass is 10.3. The Labute approximate surface area is 49.2 Å². The highest BCUT2D eigenvalue weighted by atomic mass is 15.3. The molecule has 8 heavy (non-hydrogen) atoms. The molecular formula is C6H10N2. The Balaban J connectivity index is 2.33. The van der Waals surface area contributed by atoms with Crippen LogP contribution in [0.3, 0.4) is 0 Å². The SMILES string of the molecule is C1=C\CCNN\C=C/1. The highest BCUT2D eigenvalue weighted by Gasteiger charge is 1.79. The van der Waals surface area contributed by atoms with Crippen molar-refractivity contribution < 1.29 is 0 Å². The van der Waals surface area contributed by atoms with Gasteiger partial charge in [0.05, 0.1) is 0 Å². The molecule has 0 aromatic heterocycles. The molecule has 0 bridgehead atoms. The summed E-state index contributed by atoms with van der Waals surface area (Å²) in [6.45, 7) is 1.00. The van der Waals surface area contributed by atoms with E-state index in [-0.39, 0.29) is 0 Å². The van der Waals surface area contributed by atoms with E-state index in [4.69, 9.17) is 0 Å². The molecule has 1 rings (SSSR count). The lowest BCUT2D eigenvalue weighted by Crippen LogP contribution is -2.27. The molecule has 2 nitrogen and oxygen atoms in total. The van der Waals surface area contributed by atoms with Crippen LogP contribution in [0.5, 0.6) is 0 Å². The Morgan fingerprint density at radius 2 is 2.25 bits per heavy atom. The van der Waals surface area contributed by atoms with E-state index in [9.17, 15) is 0 Å². The molecule has 2 N–H and O–H groups in total. The van der Waals surface area contributed by atoms with E-state index in [1.807, 2.05) is 18.4 Å². The molecule has 0 radical (unpaired) electrons. The zero-order chi connectivity index (χ0) is 5.66. The van der Waals surface area contributed by atoms with Gasteiger partial charge < -0.3 is 5.43 Å². The van der Waals surface area contributed by atoms with Crippen LogP contribution in [0.4, 0.5) is 0 Å². The fourth-order valence-electron chi connectivity index (χ4n) is 0.565. The standard InChI is InChI=1S/C6H10N2/c1-2-4-6-8-7-5-3-1/h1-3,5,7-8H,4,6H2/b2-1-,5-3-. The number of rotatable bonds is 0. The third-order valence-electron chi connectivity index (χ3n) is 0.965. The van der Waals surface area contributed by atoms with E-state index < -0.39 is 0 Å². The van der Waals surface area contributed by atoms with Gasteiger partial charge in [0.15, 0.2) is 0 Å². The highest BCUT2D eigenvalue weighted by molar-refractivity contribution is 5.02. The van der Waals surface area contributed by atoms with Crippen molar-refractivity contribution >= 4 is 0 Å². The minimum Gasteiger partial charge on any atom is -0.329 e. The van der Waals surface area contributed by atoms with Crippen molar-refractivity contribution in [2.24, 2.45) is 0 Å². The van der Waals surface area contributed by atoms with Crippen LogP contribution in [0.15, 0.2) is 24.4 Å². The maximum Gasteiger partial charge on any atom is 0.0182 e. The highest BCUT2D eigenvalue weighted by Crippen LogP contribution is 1.82. The fourth-order valence-corrected chi connectivity index (χ4v) is 0.565. The zero-order valence-electron chi connectivity index (χ0n) is 4.72. The summed E-state index contributed by atoms with van der Waals surface area (Å²) in [7, 11) is 0. The van der Waals surface area contributed by atoms with Gasteiger partial charge in [-0.25, -0.2) is 5.43 Å². The van der Waals surface area contributed by atoms with E-state index in [1.165, 1.54) is 0 Å². The molecule has 1 aliphatic heterocycles. The first-order valence-corrected chi connectivity index (χ1v) is 2.80. The first kappa shape index (κ1) is 5.38. The van der Waals surface area contributed by atoms with Crippen LogP contribution < -0.4 is 10.9 Å². The molecule has 1 heterocycles. The van der Waals surface area contributed by atoms with Crippen molar-refractivity contribution in [3.63, 3.8) is 0 Å². The molecule has 0 atom stereocenters.